The van der Waals surface area contributed by atoms with E-state index in [1.165, 1.54) is 29.4 Å². The van der Waals surface area contributed by atoms with Crippen molar-refractivity contribution in [1.82, 2.24) is 4.31 Å². The monoisotopic (exact) mass is 312 g/mol. The van der Waals surface area contributed by atoms with Crippen LogP contribution >= 0.6 is 0 Å². The van der Waals surface area contributed by atoms with E-state index in [-0.39, 0.29) is 16.5 Å². The van der Waals surface area contributed by atoms with Crippen molar-refractivity contribution in [3.05, 3.63) is 33.9 Å². The smallest absolute Gasteiger partial charge is 0.269 e. The van der Waals surface area contributed by atoms with Gasteiger partial charge in [0.05, 0.1) is 9.82 Å². The largest absolute Gasteiger partial charge is 0.303 e. The van der Waals surface area contributed by atoms with Gasteiger partial charge in [0, 0.05) is 31.1 Å². The van der Waals surface area contributed by atoms with Crippen LogP contribution in [0.4, 0.5) is 5.69 Å². The van der Waals surface area contributed by atoms with Crippen LogP contribution in [0.2, 0.25) is 0 Å². The summed E-state index contributed by atoms with van der Waals surface area (Å²) in [6.45, 7) is 2.13. The molecule has 2 rings (SSSR count). The number of nitro benzene ring substituents is 1. The molecule has 0 spiro atoms. The quantitative estimate of drug-likeness (QED) is 0.477. The number of piperidine rings is 1. The number of carbonyl (C=O) groups excluding carboxylic acids is 1. The van der Waals surface area contributed by atoms with Crippen LogP contribution in [0, 0.1) is 23.0 Å². The van der Waals surface area contributed by atoms with Crippen molar-refractivity contribution in [2.45, 2.75) is 24.7 Å². The van der Waals surface area contributed by atoms with Crippen LogP contribution in [0.5, 0.6) is 0 Å². The Kier molecular flexibility index (Phi) is 4.38. The van der Waals surface area contributed by atoms with Crippen molar-refractivity contribution in [2.75, 3.05) is 13.1 Å². The highest BCUT2D eigenvalue weighted by Gasteiger charge is 2.30. The fourth-order valence-electron chi connectivity index (χ4n) is 2.43. The van der Waals surface area contributed by atoms with E-state index < -0.39 is 14.9 Å². The van der Waals surface area contributed by atoms with E-state index in [9.17, 15) is 23.3 Å². The van der Waals surface area contributed by atoms with Gasteiger partial charge in [0.15, 0.2) is 0 Å². The maximum absolute atomic E-state index is 12.6. The first-order chi connectivity index (χ1) is 9.86. The molecule has 0 saturated carbocycles. The predicted molar refractivity (Wildman–Crippen MR) is 75.4 cm³/mol. The molecule has 1 heterocycles. The van der Waals surface area contributed by atoms with Gasteiger partial charge in [0.1, 0.15) is 6.29 Å². The first-order valence-electron chi connectivity index (χ1n) is 6.56. The van der Waals surface area contributed by atoms with Crippen molar-refractivity contribution in [3.63, 3.8) is 0 Å². The van der Waals surface area contributed by atoms with Crippen LogP contribution in [0.25, 0.3) is 0 Å². The molecular weight excluding hydrogens is 296 g/mol. The van der Waals surface area contributed by atoms with Crippen LogP contribution in [0.15, 0.2) is 23.1 Å². The van der Waals surface area contributed by atoms with Gasteiger partial charge in [-0.15, -0.1) is 0 Å². The molecule has 0 bridgehead atoms. The molecule has 21 heavy (non-hydrogen) atoms. The van der Waals surface area contributed by atoms with E-state index in [1.807, 2.05) is 0 Å². The van der Waals surface area contributed by atoms with E-state index in [2.05, 4.69) is 0 Å². The minimum Gasteiger partial charge on any atom is -0.303 e. The minimum absolute atomic E-state index is 0.0812. The molecule has 1 aromatic rings. The van der Waals surface area contributed by atoms with Gasteiger partial charge in [0.25, 0.3) is 5.69 Å². The molecule has 0 aromatic heterocycles. The Labute approximate surface area is 122 Å². The number of carbonyl (C=O) groups is 1. The number of benzene rings is 1. The summed E-state index contributed by atoms with van der Waals surface area (Å²) < 4.78 is 26.4. The highest BCUT2D eigenvalue weighted by molar-refractivity contribution is 7.89. The summed E-state index contributed by atoms with van der Waals surface area (Å²) in [5.41, 5.74) is 0.216. The van der Waals surface area contributed by atoms with Crippen LogP contribution in [-0.4, -0.2) is 37.0 Å². The lowest BCUT2D eigenvalue weighted by Gasteiger charge is -2.29. The third kappa shape index (κ3) is 3.11. The summed E-state index contributed by atoms with van der Waals surface area (Å²) in [5, 5.41) is 10.7. The molecule has 0 atom stereocenters. The highest BCUT2D eigenvalue weighted by Crippen LogP contribution is 2.27. The number of non-ortho nitro benzene ring substituents is 1. The second kappa shape index (κ2) is 5.90. The van der Waals surface area contributed by atoms with Crippen LogP contribution in [0.1, 0.15) is 18.4 Å². The molecule has 1 aromatic carbocycles. The molecule has 0 aliphatic carbocycles. The van der Waals surface area contributed by atoms with Crippen molar-refractivity contribution in [3.8, 4) is 0 Å². The van der Waals surface area contributed by atoms with Gasteiger partial charge in [-0.3, -0.25) is 10.1 Å². The van der Waals surface area contributed by atoms with Crippen molar-refractivity contribution < 1.29 is 18.1 Å². The third-order valence-electron chi connectivity index (χ3n) is 3.68. The topological polar surface area (TPSA) is 97.6 Å². The normalized spacial score (nSPS) is 17.6. The Bertz CT molecular complexity index is 663. The molecule has 114 valence electrons. The number of hydrogen-bond donors (Lipinski definition) is 0. The molecule has 8 heteroatoms. The van der Waals surface area contributed by atoms with Crippen molar-refractivity contribution in [2.24, 2.45) is 5.92 Å². The van der Waals surface area contributed by atoms with Gasteiger partial charge in [0.2, 0.25) is 10.0 Å². The Balaban J connectivity index is 2.28. The Morgan fingerprint density at radius 3 is 2.43 bits per heavy atom. The summed E-state index contributed by atoms with van der Waals surface area (Å²) >= 11 is 0. The fraction of sp³-hybridized carbons (Fsp3) is 0.462. The summed E-state index contributed by atoms with van der Waals surface area (Å²) in [4.78, 5) is 20.9. The minimum atomic E-state index is -3.67. The zero-order valence-corrected chi connectivity index (χ0v) is 12.4. The molecule has 1 saturated heterocycles. The molecule has 0 unspecified atom stereocenters. The van der Waals surface area contributed by atoms with Crippen LogP contribution in [0.3, 0.4) is 0 Å². The van der Waals surface area contributed by atoms with E-state index >= 15 is 0 Å². The number of nitrogens with zero attached hydrogens (tertiary/aromatic N) is 2. The highest BCUT2D eigenvalue weighted by atomic mass is 32.2. The first kappa shape index (κ1) is 15.6. The predicted octanol–water partition coefficient (Wildman–Crippen LogP) is 1.50. The van der Waals surface area contributed by atoms with Gasteiger partial charge >= 0.3 is 0 Å². The Morgan fingerprint density at radius 2 is 1.95 bits per heavy atom. The summed E-state index contributed by atoms with van der Waals surface area (Å²) in [7, 11) is -3.67. The van der Waals surface area contributed by atoms with Crippen LogP contribution in [-0.2, 0) is 14.8 Å². The molecule has 0 amide bonds. The number of aryl methyl sites for hydroxylation is 1. The van der Waals surface area contributed by atoms with Crippen molar-refractivity contribution in [1.29, 1.82) is 0 Å². The standard InChI is InChI=1S/C13H16N2O5S/c1-10-8-12(15(17)18)2-3-13(10)21(19,20)14-6-4-11(9-16)5-7-14/h2-3,8-9,11H,4-7H2,1H3. The lowest BCUT2D eigenvalue weighted by molar-refractivity contribution is -0.385. The second-order valence-electron chi connectivity index (χ2n) is 5.08. The lowest BCUT2D eigenvalue weighted by Crippen LogP contribution is -2.39. The Hall–Kier alpha value is -1.80. The zero-order valence-electron chi connectivity index (χ0n) is 11.6. The molecule has 0 radical (unpaired) electrons. The van der Waals surface area contributed by atoms with Gasteiger partial charge in [-0.2, -0.15) is 4.31 Å². The second-order valence-corrected chi connectivity index (χ2v) is 6.99. The maximum atomic E-state index is 12.6. The summed E-state index contributed by atoms with van der Waals surface area (Å²) in [6.07, 6.45) is 1.88. The number of hydrogen-bond acceptors (Lipinski definition) is 5. The van der Waals surface area contributed by atoms with Gasteiger partial charge in [-0.05, 0) is 31.4 Å². The Morgan fingerprint density at radius 1 is 1.33 bits per heavy atom. The van der Waals surface area contributed by atoms with E-state index in [4.69, 9.17) is 0 Å². The van der Waals surface area contributed by atoms with Gasteiger partial charge < -0.3 is 4.79 Å². The third-order valence-corrected chi connectivity index (χ3v) is 5.74. The van der Waals surface area contributed by atoms with E-state index in [1.54, 1.807) is 0 Å². The molecule has 1 fully saturated rings. The zero-order chi connectivity index (χ0) is 15.6. The SMILES string of the molecule is Cc1cc([N+](=O)[O-])ccc1S(=O)(=O)N1CCC(C=O)CC1. The fourth-order valence-corrected chi connectivity index (χ4v) is 4.10. The number of rotatable bonds is 4. The maximum Gasteiger partial charge on any atom is 0.269 e. The molecule has 1 aliphatic rings. The average Bonchev–Trinajstić information content (AvgIpc) is 2.46. The summed E-state index contributed by atoms with van der Waals surface area (Å²) in [6, 6.07) is 3.72. The first-order valence-corrected chi connectivity index (χ1v) is 8.00. The molecule has 0 N–H and O–H groups in total. The number of aldehydes is 1. The van der Waals surface area contributed by atoms with Gasteiger partial charge in [-0.1, -0.05) is 0 Å². The van der Waals surface area contributed by atoms with Crippen LogP contribution < -0.4 is 0 Å². The van der Waals surface area contributed by atoms with Gasteiger partial charge in [-0.25, -0.2) is 8.42 Å². The van der Waals surface area contributed by atoms with Crippen molar-refractivity contribution >= 4 is 22.0 Å². The molecular formula is C13H16N2O5S. The molecule has 7 nitrogen and oxygen atoms in total. The number of sulfonamides is 1. The number of nitro groups is 1. The lowest BCUT2D eigenvalue weighted by atomic mass is 10.0. The average molecular weight is 312 g/mol. The van der Waals surface area contributed by atoms with E-state index in [0.717, 1.165) is 6.29 Å². The summed E-state index contributed by atoms with van der Waals surface area (Å²) in [5.74, 6) is -0.0885. The molecule has 1 aliphatic heterocycles. The van der Waals surface area contributed by atoms with E-state index in [0.29, 0.717) is 31.5 Å².